The molecule has 0 saturated carbocycles. The summed E-state index contributed by atoms with van der Waals surface area (Å²) in [4.78, 5) is 12.0. The summed E-state index contributed by atoms with van der Waals surface area (Å²) < 4.78 is 0. The van der Waals surface area contributed by atoms with E-state index in [0.717, 1.165) is 0 Å². The van der Waals surface area contributed by atoms with Crippen LogP contribution in [0.5, 0.6) is 0 Å². The summed E-state index contributed by atoms with van der Waals surface area (Å²) in [5.74, 6) is 0.283. The van der Waals surface area contributed by atoms with Crippen molar-refractivity contribution in [3.8, 4) is 0 Å². The highest BCUT2D eigenvalue weighted by Crippen LogP contribution is 2.19. The molecule has 1 amide bonds. The van der Waals surface area contributed by atoms with Crippen LogP contribution in [0.1, 0.15) is 23.7 Å². The van der Waals surface area contributed by atoms with Crippen LogP contribution in [-0.4, -0.2) is 23.2 Å². The number of carbonyl (C=O) groups is 1. The van der Waals surface area contributed by atoms with E-state index < -0.39 is 5.54 Å². The number of benzene rings is 1. The van der Waals surface area contributed by atoms with Gasteiger partial charge < -0.3 is 5.32 Å². The van der Waals surface area contributed by atoms with E-state index in [1.165, 1.54) is 0 Å². The summed E-state index contributed by atoms with van der Waals surface area (Å²) in [6.07, 6.45) is 0.663. The average molecular weight is 295 g/mol. The van der Waals surface area contributed by atoms with Crippen molar-refractivity contribution in [1.82, 2.24) is 5.32 Å². The van der Waals surface area contributed by atoms with Crippen LogP contribution in [0.15, 0.2) is 24.3 Å². The highest BCUT2D eigenvalue weighted by Gasteiger charge is 2.29. The Bertz CT molecular complexity index is 383. The van der Waals surface area contributed by atoms with E-state index in [1.807, 2.05) is 6.92 Å². The van der Waals surface area contributed by atoms with Gasteiger partial charge in [-0.15, -0.1) is 23.2 Å². The van der Waals surface area contributed by atoms with Gasteiger partial charge in [0.05, 0.1) is 16.1 Å². The second kappa shape index (κ2) is 6.48. The zero-order valence-corrected chi connectivity index (χ0v) is 11.7. The Morgan fingerprint density at radius 3 is 2.35 bits per heavy atom. The minimum Gasteiger partial charge on any atom is -0.344 e. The van der Waals surface area contributed by atoms with Gasteiger partial charge in [0.1, 0.15) is 0 Å². The normalized spacial score (nSPS) is 11.3. The second-order valence-corrected chi connectivity index (χ2v) is 4.78. The van der Waals surface area contributed by atoms with Crippen molar-refractivity contribution in [1.29, 1.82) is 0 Å². The Morgan fingerprint density at radius 2 is 1.88 bits per heavy atom. The van der Waals surface area contributed by atoms with Crippen LogP contribution in [-0.2, 0) is 0 Å². The first-order valence-electron chi connectivity index (χ1n) is 5.27. The number of rotatable bonds is 5. The van der Waals surface area contributed by atoms with Gasteiger partial charge in [-0.1, -0.05) is 30.7 Å². The number of nitrogens with one attached hydrogen (secondary N) is 1. The lowest BCUT2D eigenvalue weighted by Gasteiger charge is -2.29. The predicted octanol–water partition coefficient (Wildman–Crippen LogP) is 3.70. The van der Waals surface area contributed by atoms with Crippen LogP contribution >= 0.6 is 34.8 Å². The lowest BCUT2D eigenvalue weighted by molar-refractivity contribution is 0.0913. The SMILES string of the molecule is CCC(CCl)(CCl)NC(=O)c1ccccc1Cl. The maximum absolute atomic E-state index is 12.0. The zero-order chi connectivity index (χ0) is 12.9. The molecule has 0 spiro atoms. The maximum Gasteiger partial charge on any atom is 0.253 e. The average Bonchev–Trinajstić information content (AvgIpc) is 2.36. The summed E-state index contributed by atoms with van der Waals surface area (Å²) in [6, 6.07) is 6.87. The van der Waals surface area contributed by atoms with Crippen molar-refractivity contribution in [2.24, 2.45) is 0 Å². The monoisotopic (exact) mass is 293 g/mol. The minimum atomic E-state index is -0.584. The molecule has 1 rings (SSSR count). The van der Waals surface area contributed by atoms with Gasteiger partial charge in [0.2, 0.25) is 0 Å². The Hall–Kier alpha value is -0.440. The molecule has 0 saturated heterocycles. The van der Waals surface area contributed by atoms with Crippen LogP contribution in [0.2, 0.25) is 5.02 Å². The highest BCUT2D eigenvalue weighted by molar-refractivity contribution is 6.33. The number of halogens is 3. The number of alkyl halides is 2. The van der Waals surface area contributed by atoms with Crippen LogP contribution in [0, 0.1) is 0 Å². The molecule has 0 bridgehead atoms. The molecule has 0 atom stereocenters. The Kier molecular flexibility index (Phi) is 5.57. The molecular weight excluding hydrogens is 280 g/mol. The fourth-order valence-corrected chi connectivity index (χ4v) is 2.35. The maximum atomic E-state index is 12.0. The molecule has 0 aliphatic carbocycles. The van der Waals surface area contributed by atoms with E-state index in [2.05, 4.69) is 5.32 Å². The molecule has 17 heavy (non-hydrogen) atoms. The topological polar surface area (TPSA) is 29.1 Å². The summed E-state index contributed by atoms with van der Waals surface area (Å²) in [5.41, 5.74) is -0.151. The molecule has 5 heteroatoms. The third-order valence-electron chi connectivity index (χ3n) is 2.69. The molecule has 94 valence electrons. The number of hydrogen-bond donors (Lipinski definition) is 1. The lowest BCUT2D eigenvalue weighted by Crippen LogP contribution is -2.51. The number of hydrogen-bond acceptors (Lipinski definition) is 1. The van der Waals surface area contributed by atoms with Gasteiger partial charge in [-0.05, 0) is 18.6 Å². The van der Waals surface area contributed by atoms with E-state index in [1.54, 1.807) is 24.3 Å². The number of carbonyl (C=O) groups excluding carboxylic acids is 1. The van der Waals surface area contributed by atoms with Gasteiger partial charge in [-0.25, -0.2) is 0 Å². The molecule has 1 aromatic rings. The molecule has 1 N–H and O–H groups in total. The Labute approximate surface area is 116 Å². The molecule has 0 radical (unpaired) electrons. The van der Waals surface area contributed by atoms with Crippen molar-refractivity contribution in [2.75, 3.05) is 11.8 Å². The summed E-state index contributed by atoms with van der Waals surface area (Å²) in [5, 5.41) is 3.27. The first kappa shape index (κ1) is 14.6. The smallest absolute Gasteiger partial charge is 0.253 e. The summed E-state index contributed by atoms with van der Waals surface area (Å²) in [6.45, 7) is 1.93. The van der Waals surface area contributed by atoms with Crippen molar-refractivity contribution in [3.63, 3.8) is 0 Å². The van der Waals surface area contributed by atoms with E-state index in [-0.39, 0.29) is 17.7 Å². The quantitative estimate of drug-likeness (QED) is 0.824. The molecule has 0 aromatic heterocycles. The fourth-order valence-electron chi connectivity index (χ4n) is 1.33. The molecular formula is C12H14Cl3NO. The Morgan fingerprint density at radius 1 is 1.29 bits per heavy atom. The van der Waals surface area contributed by atoms with Crippen LogP contribution in [0.3, 0.4) is 0 Å². The summed E-state index contributed by atoms with van der Waals surface area (Å²) >= 11 is 17.7. The molecule has 0 unspecified atom stereocenters. The van der Waals surface area contributed by atoms with E-state index in [0.29, 0.717) is 17.0 Å². The van der Waals surface area contributed by atoms with Gasteiger partial charge in [-0.2, -0.15) is 0 Å². The van der Waals surface area contributed by atoms with Crippen molar-refractivity contribution < 1.29 is 4.79 Å². The van der Waals surface area contributed by atoms with Gasteiger partial charge in [0.25, 0.3) is 5.91 Å². The highest BCUT2D eigenvalue weighted by atomic mass is 35.5. The van der Waals surface area contributed by atoms with E-state index in [4.69, 9.17) is 34.8 Å². The molecule has 0 aliphatic rings. The van der Waals surface area contributed by atoms with Crippen LogP contribution in [0.4, 0.5) is 0 Å². The third-order valence-corrected chi connectivity index (χ3v) is 4.04. The van der Waals surface area contributed by atoms with Crippen molar-refractivity contribution in [3.05, 3.63) is 34.9 Å². The molecule has 0 heterocycles. The third kappa shape index (κ3) is 3.51. The van der Waals surface area contributed by atoms with Gasteiger partial charge >= 0.3 is 0 Å². The van der Waals surface area contributed by atoms with Crippen molar-refractivity contribution in [2.45, 2.75) is 18.9 Å². The van der Waals surface area contributed by atoms with Gasteiger partial charge in [0.15, 0.2) is 0 Å². The van der Waals surface area contributed by atoms with Crippen LogP contribution < -0.4 is 5.32 Å². The fraction of sp³-hybridized carbons (Fsp3) is 0.417. The molecule has 0 fully saturated rings. The standard InChI is InChI=1S/C12H14Cl3NO/c1-2-12(7-13,8-14)16-11(17)9-5-3-4-6-10(9)15/h3-6H,2,7-8H2,1H3,(H,16,17). The second-order valence-electron chi connectivity index (χ2n) is 3.84. The minimum absolute atomic E-state index is 0.251. The first-order chi connectivity index (χ1) is 8.08. The van der Waals surface area contributed by atoms with Crippen molar-refractivity contribution >= 4 is 40.7 Å². The largest absolute Gasteiger partial charge is 0.344 e. The Balaban J connectivity index is 2.89. The summed E-state index contributed by atoms with van der Waals surface area (Å²) in [7, 11) is 0. The number of amides is 1. The van der Waals surface area contributed by atoms with E-state index in [9.17, 15) is 4.79 Å². The lowest BCUT2D eigenvalue weighted by atomic mass is 10.0. The predicted molar refractivity (Wildman–Crippen MR) is 73.4 cm³/mol. The first-order valence-corrected chi connectivity index (χ1v) is 6.72. The zero-order valence-electron chi connectivity index (χ0n) is 9.47. The van der Waals surface area contributed by atoms with Crippen LogP contribution in [0.25, 0.3) is 0 Å². The molecule has 1 aromatic carbocycles. The molecule has 0 aliphatic heterocycles. The van der Waals surface area contributed by atoms with E-state index >= 15 is 0 Å². The molecule has 2 nitrogen and oxygen atoms in total. The van der Waals surface area contributed by atoms with Gasteiger partial charge in [0, 0.05) is 11.8 Å². The van der Waals surface area contributed by atoms with Gasteiger partial charge in [-0.3, -0.25) is 4.79 Å².